The number of rotatable bonds is 4. The predicted octanol–water partition coefficient (Wildman–Crippen LogP) is 2.26. The van der Waals surface area contributed by atoms with Gasteiger partial charge in [0.05, 0.1) is 13.2 Å². The van der Waals surface area contributed by atoms with E-state index in [9.17, 15) is 9.90 Å². The minimum Gasteiger partial charge on any atom is -0.496 e. The molecule has 0 radical (unpaired) electrons. The van der Waals surface area contributed by atoms with Gasteiger partial charge in [-0.1, -0.05) is 6.07 Å². The molecule has 1 aliphatic heterocycles. The van der Waals surface area contributed by atoms with Crippen LogP contribution in [0.5, 0.6) is 5.75 Å². The maximum atomic E-state index is 11.9. The van der Waals surface area contributed by atoms with Crippen molar-refractivity contribution in [2.24, 2.45) is 0 Å². The molecule has 1 atom stereocenters. The fraction of sp³-hybridized carbons (Fsp3) is 0.533. The Morgan fingerprint density at radius 2 is 2.21 bits per heavy atom. The van der Waals surface area contributed by atoms with Crippen LogP contribution in [-0.4, -0.2) is 29.6 Å². The second-order valence-electron chi connectivity index (χ2n) is 5.02. The molecular formula is C15H21NO3. The van der Waals surface area contributed by atoms with Crippen molar-refractivity contribution in [2.75, 3.05) is 13.7 Å². The van der Waals surface area contributed by atoms with E-state index in [0.717, 1.165) is 36.3 Å². The van der Waals surface area contributed by atoms with Crippen LogP contribution in [0.3, 0.4) is 0 Å². The standard InChI is InChI=1S/C15H21NO3/c1-11(17)12-6-7-14(19-2)13(9-12)10-16-8-4-3-5-15(16)18/h6-7,9,11,17H,3-5,8,10H2,1-2H3. The number of carbonyl (C=O) groups excluding carboxylic acids is 1. The topological polar surface area (TPSA) is 49.8 Å². The second-order valence-corrected chi connectivity index (χ2v) is 5.02. The van der Waals surface area contributed by atoms with Crippen molar-refractivity contribution in [1.82, 2.24) is 4.90 Å². The van der Waals surface area contributed by atoms with Gasteiger partial charge in [-0.3, -0.25) is 4.79 Å². The number of likely N-dealkylation sites (tertiary alicyclic amines) is 1. The summed E-state index contributed by atoms with van der Waals surface area (Å²) < 4.78 is 5.34. The Balaban J connectivity index is 2.21. The summed E-state index contributed by atoms with van der Waals surface area (Å²) in [6.07, 6.45) is 2.17. The first kappa shape index (κ1) is 13.9. The van der Waals surface area contributed by atoms with E-state index in [-0.39, 0.29) is 5.91 Å². The second kappa shape index (κ2) is 6.06. The summed E-state index contributed by atoms with van der Waals surface area (Å²) in [5, 5.41) is 9.65. The highest BCUT2D eigenvalue weighted by atomic mass is 16.5. The monoisotopic (exact) mass is 263 g/mol. The van der Waals surface area contributed by atoms with Gasteiger partial charge in [-0.05, 0) is 37.5 Å². The van der Waals surface area contributed by atoms with Gasteiger partial charge in [0.1, 0.15) is 5.75 Å². The van der Waals surface area contributed by atoms with Gasteiger partial charge in [-0.15, -0.1) is 0 Å². The molecule has 1 aromatic carbocycles. The van der Waals surface area contributed by atoms with Crippen LogP contribution in [0.2, 0.25) is 0 Å². The molecule has 0 aliphatic carbocycles. The van der Waals surface area contributed by atoms with Gasteiger partial charge in [-0.25, -0.2) is 0 Å². The normalized spacial score (nSPS) is 17.4. The quantitative estimate of drug-likeness (QED) is 0.906. The Morgan fingerprint density at radius 3 is 2.84 bits per heavy atom. The molecular weight excluding hydrogens is 242 g/mol. The van der Waals surface area contributed by atoms with E-state index in [1.807, 2.05) is 23.1 Å². The van der Waals surface area contributed by atoms with Crippen molar-refractivity contribution in [3.05, 3.63) is 29.3 Å². The molecule has 0 saturated carbocycles. The lowest BCUT2D eigenvalue weighted by Gasteiger charge is -2.27. The number of carbonyl (C=O) groups is 1. The number of hydrogen-bond donors (Lipinski definition) is 1. The molecule has 1 saturated heterocycles. The molecule has 1 N–H and O–H groups in total. The average Bonchev–Trinajstić information content (AvgIpc) is 2.41. The zero-order valence-corrected chi connectivity index (χ0v) is 11.6. The first-order valence-electron chi connectivity index (χ1n) is 6.74. The highest BCUT2D eigenvalue weighted by molar-refractivity contribution is 5.76. The first-order valence-corrected chi connectivity index (χ1v) is 6.74. The van der Waals surface area contributed by atoms with E-state index in [2.05, 4.69) is 0 Å². The Morgan fingerprint density at radius 1 is 1.42 bits per heavy atom. The molecule has 1 heterocycles. The zero-order chi connectivity index (χ0) is 13.8. The molecule has 0 spiro atoms. The number of aliphatic hydroxyl groups is 1. The van der Waals surface area contributed by atoms with Crippen molar-refractivity contribution in [3.63, 3.8) is 0 Å². The smallest absolute Gasteiger partial charge is 0.222 e. The third kappa shape index (κ3) is 3.26. The third-order valence-electron chi connectivity index (χ3n) is 3.57. The Kier molecular flexibility index (Phi) is 4.43. The lowest BCUT2D eigenvalue weighted by Crippen LogP contribution is -2.34. The zero-order valence-electron chi connectivity index (χ0n) is 11.6. The van der Waals surface area contributed by atoms with Crippen LogP contribution < -0.4 is 4.74 Å². The summed E-state index contributed by atoms with van der Waals surface area (Å²) in [4.78, 5) is 13.7. The van der Waals surface area contributed by atoms with Crippen molar-refractivity contribution >= 4 is 5.91 Å². The van der Waals surface area contributed by atoms with Crippen LogP contribution in [0.15, 0.2) is 18.2 Å². The number of amides is 1. The molecule has 1 unspecified atom stereocenters. The first-order chi connectivity index (χ1) is 9.11. The van der Waals surface area contributed by atoms with Crippen molar-refractivity contribution in [1.29, 1.82) is 0 Å². The maximum absolute atomic E-state index is 11.9. The van der Waals surface area contributed by atoms with Crippen LogP contribution in [0.4, 0.5) is 0 Å². The molecule has 4 nitrogen and oxygen atoms in total. The largest absolute Gasteiger partial charge is 0.496 e. The van der Waals surface area contributed by atoms with Gasteiger partial charge in [0.15, 0.2) is 0 Å². The number of nitrogens with zero attached hydrogens (tertiary/aromatic N) is 1. The Labute approximate surface area is 114 Å². The minimum atomic E-state index is -0.512. The van der Waals surface area contributed by atoms with Crippen molar-refractivity contribution in [2.45, 2.75) is 38.8 Å². The van der Waals surface area contributed by atoms with Crippen LogP contribution in [0, 0.1) is 0 Å². The summed E-state index contributed by atoms with van der Waals surface area (Å²) >= 11 is 0. The summed E-state index contributed by atoms with van der Waals surface area (Å²) in [6.45, 7) is 3.10. The van der Waals surface area contributed by atoms with E-state index < -0.39 is 6.10 Å². The highest BCUT2D eigenvalue weighted by Crippen LogP contribution is 2.26. The van der Waals surface area contributed by atoms with E-state index in [1.165, 1.54) is 0 Å². The molecule has 0 aromatic heterocycles. The number of piperidine rings is 1. The molecule has 1 aliphatic rings. The number of methoxy groups -OCH3 is 1. The van der Waals surface area contributed by atoms with Gasteiger partial charge < -0.3 is 14.7 Å². The molecule has 1 amide bonds. The van der Waals surface area contributed by atoms with Gasteiger partial charge in [-0.2, -0.15) is 0 Å². The molecule has 1 aromatic rings. The van der Waals surface area contributed by atoms with E-state index in [0.29, 0.717) is 13.0 Å². The van der Waals surface area contributed by atoms with Crippen LogP contribution >= 0.6 is 0 Å². The van der Waals surface area contributed by atoms with Gasteiger partial charge in [0.2, 0.25) is 5.91 Å². The molecule has 1 fully saturated rings. The molecule has 0 bridgehead atoms. The summed E-state index contributed by atoms with van der Waals surface area (Å²) in [5.74, 6) is 0.971. The van der Waals surface area contributed by atoms with E-state index in [1.54, 1.807) is 14.0 Å². The van der Waals surface area contributed by atoms with Gasteiger partial charge in [0, 0.05) is 25.1 Å². The lowest BCUT2D eigenvalue weighted by molar-refractivity contribution is -0.133. The van der Waals surface area contributed by atoms with Crippen LogP contribution in [-0.2, 0) is 11.3 Å². The van der Waals surface area contributed by atoms with Crippen LogP contribution in [0.25, 0.3) is 0 Å². The number of benzene rings is 1. The number of hydrogen-bond acceptors (Lipinski definition) is 3. The third-order valence-corrected chi connectivity index (χ3v) is 3.57. The molecule has 2 rings (SSSR count). The molecule has 4 heteroatoms. The molecule has 19 heavy (non-hydrogen) atoms. The highest BCUT2D eigenvalue weighted by Gasteiger charge is 2.19. The van der Waals surface area contributed by atoms with Gasteiger partial charge in [0.25, 0.3) is 0 Å². The average molecular weight is 263 g/mol. The molecule has 104 valence electrons. The summed E-state index contributed by atoms with van der Waals surface area (Å²) in [6, 6.07) is 5.63. The lowest BCUT2D eigenvalue weighted by atomic mass is 10.0. The fourth-order valence-corrected chi connectivity index (χ4v) is 2.42. The van der Waals surface area contributed by atoms with Crippen molar-refractivity contribution in [3.8, 4) is 5.75 Å². The summed E-state index contributed by atoms with van der Waals surface area (Å²) in [7, 11) is 1.62. The Hall–Kier alpha value is -1.55. The van der Waals surface area contributed by atoms with Crippen molar-refractivity contribution < 1.29 is 14.6 Å². The fourth-order valence-electron chi connectivity index (χ4n) is 2.42. The maximum Gasteiger partial charge on any atom is 0.222 e. The van der Waals surface area contributed by atoms with Gasteiger partial charge >= 0.3 is 0 Å². The Bertz CT molecular complexity index is 457. The SMILES string of the molecule is COc1ccc(C(C)O)cc1CN1CCCCC1=O. The number of aliphatic hydroxyl groups excluding tert-OH is 1. The predicted molar refractivity (Wildman–Crippen MR) is 72.9 cm³/mol. The van der Waals surface area contributed by atoms with E-state index in [4.69, 9.17) is 4.74 Å². The van der Waals surface area contributed by atoms with E-state index >= 15 is 0 Å². The minimum absolute atomic E-state index is 0.204. The number of ether oxygens (including phenoxy) is 1. The van der Waals surface area contributed by atoms with Crippen LogP contribution in [0.1, 0.15) is 43.4 Å². The summed E-state index contributed by atoms with van der Waals surface area (Å²) in [5.41, 5.74) is 1.80.